The lowest BCUT2D eigenvalue weighted by atomic mass is 10.0. The molecular weight excluding hydrogens is 314 g/mol. The minimum absolute atomic E-state index is 0.0879. The van der Waals surface area contributed by atoms with Crippen molar-refractivity contribution in [2.75, 3.05) is 6.54 Å². The molecule has 0 atom stereocenters. The van der Waals surface area contributed by atoms with Gasteiger partial charge in [-0.25, -0.2) is 4.79 Å². The molecule has 2 aromatic rings. The fourth-order valence-corrected chi connectivity index (χ4v) is 2.67. The van der Waals surface area contributed by atoms with Crippen LogP contribution in [0.2, 0.25) is 0 Å². The van der Waals surface area contributed by atoms with Crippen LogP contribution in [0.4, 0.5) is 4.79 Å². The van der Waals surface area contributed by atoms with Gasteiger partial charge in [-0.2, -0.15) is 0 Å². The molecule has 0 aliphatic carbocycles. The van der Waals surface area contributed by atoms with Crippen molar-refractivity contribution < 1.29 is 9.59 Å². The average Bonchev–Trinajstić information content (AvgIpc) is 2.58. The van der Waals surface area contributed by atoms with Crippen LogP contribution in [-0.4, -0.2) is 18.5 Å². The number of carbonyl (C=O) groups excluding carboxylic acids is 2. The monoisotopic (exact) mass is 339 g/mol. The summed E-state index contributed by atoms with van der Waals surface area (Å²) < 4.78 is 0. The third-order valence-corrected chi connectivity index (χ3v) is 4.09. The lowest BCUT2D eigenvalue weighted by Crippen LogP contribution is -2.28. The van der Waals surface area contributed by atoms with E-state index in [9.17, 15) is 9.59 Å². The van der Waals surface area contributed by atoms with Crippen LogP contribution >= 0.6 is 0 Å². The van der Waals surface area contributed by atoms with E-state index in [0.29, 0.717) is 18.7 Å². The number of aryl methyl sites for hydroxylation is 3. The zero-order valence-corrected chi connectivity index (χ0v) is 14.8. The number of rotatable bonds is 7. The van der Waals surface area contributed by atoms with Crippen LogP contribution in [0.15, 0.2) is 42.5 Å². The lowest BCUT2D eigenvalue weighted by Gasteiger charge is -2.09. The van der Waals surface area contributed by atoms with Crippen molar-refractivity contribution in [2.45, 2.75) is 33.2 Å². The number of hydrogen-bond donors (Lipinski definition) is 3. The number of carbonyl (C=O) groups is 2. The van der Waals surface area contributed by atoms with Crippen LogP contribution in [0.3, 0.4) is 0 Å². The van der Waals surface area contributed by atoms with Gasteiger partial charge < -0.3 is 16.4 Å². The van der Waals surface area contributed by atoms with E-state index in [1.54, 1.807) is 24.3 Å². The maximum absolute atomic E-state index is 12.1. The van der Waals surface area contributed by atoms with Crippen LogP contribution in [0.1, 0.15) is 39.0 Å². The van der Waals surface area contributed by atoms with Crippen LogP contribution in [-0.2, 0) is 13.0 Å². The Morgan fingerprint density at radius 3 is 2.36 bits per heavy atom. The maximum atomic E-state index is 12.1. The Balaban J connectivity index is 1.77. The third-order valence-electron chi connectivity index (χ3n) is 4.09. The highest BCUT2D eigenvalue weighted by atomic mass is 16.2. The second kappa shape index (κ2) is 8.87. The van der Waals surface area contributed by atoms with E-state index >= 15 is 0 Å². The maximum Gasteiger partial charge on any atom is 0.312 e. The topological polar surface area (TPSA) is 84.2 Å². The van der Waals surface area contributed by atoms with E-state index in [2.05, 4.69) is 42.7 Å². The van der Waals surface area contributed by atoms with Crippen molar-refractivity contribution in [2.24, 2.45) is 5.73 Å². The Morgan fingerprint density at radius 1 is 1.00 bits per heavy atom. The van der Waals surface area contributed by atoms with Crippen molar-refractivity contribution in [1.29, 1.82) is 0 Å². The molecule has 0 fully saturated rings. The molecule has 0 saturated carbocycles. The van der Waals surface area contributed by atoms with Gasteiger partial charge in [-0.05, 0) is 55.5 Å². The highest BCUT2D eigenvalue weighted by Crippen LogP contribution is 2.12. The van der Waals surface area contributed by atoms with Gasteiger partial charge in [-0.1, -0.05) is 35.9 Å². The number of urea groups is 1. The molecule has 2 rings (SSSR count). The van der Waals surface area contributed by atoms with Crippen LogP contribution in [0.25, 0.3) is 0 Å². The molecule has 0 spiro atoms. The van der Waals surface area contributed by atoms with Gasteiger partial charge in [0.25, 0.3) is 5.91 Å². The molecule has 4 N–H and O–H groups in total. The minimum atomic E-state index is -0.564. The molecule has 0 radical (unpaired) electrons. The molecule has 0 aliphatic rings. The van der Waals surface area contributed by atoms with E-state index in [4.69, 9.17) is 5.73 Å². The summed E-state index contributed by atoms with van der Waals surface area (Å²) in [5, 5.41) is 5.46. The zero-order valence-electron chi connectivity index (χ0n) is 14.8. The lowest BCUT2D eigenvalue weighted by molar-refractivity contribution is 0.0953. The molecule has 5 heteroatoms. The van der Waals surface area contributed by atoms with Gasteiger partial charge in [0.2, 0.25) is 0 Å². The molecule has 0 saturated heterocycles. The molecule has 3 amide bonds. The number of hydrogen-bond acceptors (Lipinski definition) is 2. The first-order valence-electron chi connectivity index (χ1n) is 8.42. The first-order valence-corrected chi connectivity index (χ1v) is 8.42. The molecule has 0 aromatic heterocycles. The van der Waals surface area contributed by atoms with Crippen LogP contribution in [0, 0.1) is 13.8 Å². The number of primary amides is 1. The average molecular weight is 339 g/mol. The summed E-state index contributed by atoms with van der Waals surface area (Å²) in [7, 11) is 0. The van der Waals surface area contributed by atoms with Crippen molar-refractivity contribution in [3.8, 4) is 0 Å². The van der Waals surface area contributed by atoms with Crippen molar-refractivity contribution in [3.63, 3.8) is 0 Å². The summed E-state index contributed by atoms with van der Waals surface area (Å²) in [6, 6.07) is 13.0. The van der Waals surface area contributed by atoms with Gasteiger partial charge in [-0.15, -0.1) is 0 Å². The van der Waals surface area contributed by atoms with E-state index in [0.717, 1.165) is 18.4 Å². The van der Waals surface area contributed by atoms with Crippen LogP contribution in [0.5, 0.6) is 0 Å². The van der Waals surface area contributed by atoms with Gasteiger partial charge in [0, 0.05) is 18.7 Å². The molecule has 0 aliphatic heterocycles. The summed E-state index contributed by atoms with van der Waals surface area (Å²) in [5.41, 5.74) is 10.4. The fraction of sp³-hybridized carbons (Fsp3) is 0.300. The number of nitrogens with one attached hydrogen (secondary N) is 2. The minimum Gasteiger partial charge on any atom is -0.352 e. The summed E-state index contributed by atoms with van der Waals surface area (Å²) >= 11 is 0. The normalized spacial score (nSPS) is 10.3. The third kappa shape index (κ3) is 5.95. The Hall–Kier alpha value is -2.82. The van der Waals surface area contributed by atoms with Gasteiger partial charge in [0.05, 0.1) is 0 Å². The molecule has 132 valence electrons. The highest BCUT2D eigenvalue weighted by Gasteiger charge is 2.05. The number of benzene rings is 2. The quantitative estimate of drug-likeness (QED) is 0.678. The molecule has 0 heterocycles. The summed E-state index contributed by atoms with van der Waals surface area (Å²) in [5.74, 6) is -0.0879. The molecule has 5 nitrogen and oxygen atoms in total. The Kier molecular flexibility index (Phi) is 6.57. The van der Waals surface area contributed by atoms with Gasteiger partial charge in [0.1, 0.15) is 0 Å². The second-order valence-electron chi connectivity index (χ2n) is 6.20. The standard InChI is InChI=1S/C20H25N3O2/c1-14-5-8-17(15(2)12-14)4-3-11-22-19(24)18-9-6-16(7-10-18)13-23-20(21)25/h5-10,12H,3-4,11,13H2,1-2H3,(H,22,24)(H3,21,23,25). The number of nitrogens with two attached hydrogens (primary N) is 1. The second-order valence-corrected chi connectivity index (χ2v) is 6.20. The molecular formula is C20H25N3O2. The van der Waals surface area contributed by atoms with E-state index < -0.39 is 6.03 Å². The van der Waals surface area contributed by atoms with Gasteiger partial charge in [-0.3, -0.25) is 4.79 Å². The molecule has 0 bridgehead atoms. The van der Waals surface area contributed by atoms with E-state index in [1.165, 1.54) is 16.7 Å². The fourth-order valence-electron chi connectivity index (χ4n) is 2.67. The van der Waals surface area contributed by atoms with E-state index in [1.807, 2.05) is 0 Å². The number of amides is 3. The summed E-state index contributed by atoms with van der Waals surface area (Å²) in [4.78, 5) is 22.8. The highest BCUT2D eigenvalue weighted by molar-refractivity contribution is 5.94. The van der Waals surface area contributed by atoms with E-state index in [-0.39, 0.29) is 5.91 Å². The first-order chi connectivity index (χ1) is 12.0. The van der Waals surface area contributed by atoms with Crippen molar-refractivity contribution in [1.82, 2.24) is 10.6 Å². The summed E-state index contributed by atoms with van der Waals surface area (Å²) in [6.45, 7) is 5.20. The van der Waals surface area contributed by atoms with Crippen molar-refractivity contribution >= 4 is 11.9 Å². The SMILES string of the molecule is Cc1ccc(CCCNC(=O)c2ccc(CNC(N)=O)cc2)c(C)c1. The van der Waals surface area contributed by atoms with Crippen molar-refractivity contribution in [3.05, 3.63) is 70.3 Å². The predicted molar refractivity (Wildman–Crippen MR) is 99.4 cm³/mol. The largest absolute Gasteiger partial charge is 0.352 e. The Morgan fingerprint density at radius 2 is 1.72 bits per heavy atom. The Labute approximate surface area is 148 Å². The molecule has 0 unspecified atom stereocenters. The molecule has 25 heavy (non-hydrogen) atoms. The molecule has 2 aromatic carbocycles. The smallest absolute Gasteiger partial charge is 0.312 e. The Bertz CT molecular complexity index is 739. The van der Waals surface area contributed by atoms with Gasteiger partial charge >= 0.3 is 6.03 Å². The zero-order chi connectivity index (χ0) is 18.2. The summed E-state index contributed by atoms with van der Waals surface area (Å²) in [6.07, 6.45) is 1.85. The van der Waals surface area contributed by atoms with Gasteiger partial charge in [0.15, 0.2) is 0 Å². The van der Waals surface area contributed by atoms with Crippen LogP contribution < -0.4 is 16.4 Å². The first kappa shape index (κ1) is 18.5. The predicted octanol–water partition coefficient (Wildman–Crippen LogP) is 2.83.